The third-order valence-corrected chi connectivity index (χ3v) is 3.18. The highest BCUT2D eigenvalue weighted by Crippen LogP contribution is 2.26. The summed E-state index contributed by atoms with van der Waals surface area (Å²) in [5, 5.41) is 0. The van der Waals surface area contributed by atoms with Crippen molar-refractivity contribution in [3.63, 3.8) is 0 Å². The van der Waals surface area contributed by atoms with Crippen molar-refractivity contribution in [3.05, 3.63) is 84.9 Å². The Morgan fingerprint density at radius 3 is 1.26 bits per heavy atom. The van der Waals surface area contributed by atoms with Crippen molar-refractivity contribution < 1.29 is 0 Å². The lowest BCUT2D eigenvalue weighted by Crippen LogP contribution is -2.19. The predicted molar refractivity (Wildman–Crippen MR) is 106 cm³/mol. The van der Waals surface area contributed by atoms with Gasteiger partial charge in [0, 0.05) is 17.9 Å². The van der Waals surface area contributed by atoms with Crippen LogP contribution in [0, 0.1) is 0 Å². The largest absolute Gasteiger partial charge is 0.342 e. The fourth-order valence-corrected chi connectivity index (χ4v) is 2.12. The number of nitrogens with zero attached hydrogens (tertiary/aromatic N) is 1. The summed E-state index contributed by atoms with van der Waals surface area (Å²) in [6.07, 6.45) is 0. The molecule has 0 amide bonds. The van der Waals surface area contributed by atoms with E-state index in [9.17, 15) is 0 Å². The van der Waals surface area contributed by atoms with Gasteiger partial charge in [-0.3, -0.25) is 0 Å². The molecule has 0 spiro atoms. The molecule has 0 radical (unpaired) electrons. The van der Waals surface area contributed by atoms with E-state index < -0.39 is 0 Å². The lowest BCUT2D eigenvalue weighted by atomic mass is 10.1. The third-order valence-electron chi connectivity index (χ3n) is 3.18. The molecule has 2 aromatic rings. The second kappa shape index (κ2) is 12.3. The van der Waals surface area contributed by atoms with Gasteiger partial charge >= 0.3 is 0 Å². The Balaban J connectivity index is 0.00000112. The van der Waals surface area contributed by atoms with Crippen LogP contribution in [0.1, 0.15) is 45.7 Å². The van der Waals surface area contributed by atoms with E-state index in [2.05, 4.69) is 49.2 Å². The summed E-state index contributed by atoms with van der Waals surface area (Å²) in [4.78, 5) is 2.14. The lowest BCUT2D eigenvalue weighted by Gasteiger charge is -2.27. The summed E-state index contributed by atoms with van der Waals surface area (Å²) in [5.74, 6) is 0. The molecular formula is C22H31N. The van der Waals surface area contributed by atoms with Crippen LogP contribution in [0.25, 0.3) is 11.4 Å². The minimum Gasteiger partial charge on any atom is -0.342 e. The minimum atomic E-state index is 0.849. The van der Waals surface area contributed by atoms with E-state index in [4.69, 9.17) is 0 Å². The van der Waals surface area contributed by atoms with E-state index in [0.717, 1.165) is 29.1 Å². The summed E-state index contributed by atoms with van der Waals surface area (Å²) in [6, 6.07) is 20.4. The van der Waals surface area contributed by atoms with Crippen molar-refractivity contribution in [2.45, 2.75) is 34.6 Å². The lowest BCUT2D eigenvalue weighted by molar-refractivity contribution is 0.590. The molecular weight excluding hydrogens is 278 g/mol. The maximum Gasteiger partial charge on any atom is 0.0411 e. The van der Waals surface area contributed by atoms with E-state index in [0.29, 0.717) is 0 Å². The molecule has 0 aliphatic rings. The van der Waals surface area contributed by atoms with Gasteiger partial charge in [0.2, 0.25) is 0 Å². The molecule has 0 N–H and O–H groups in total. The first-order chi connectivity index (χ1) is 11.2. The van der Waals surface area contributed by atoms with Crippen LogP contribution in [0.4, 0.5) is 0 Å². The second-order valence-electron chi connectivity index (χ2n) is 4.37. The monoisotopic (exact) mass is 309 g/mol. The standard InChI is InChI=1S/C18H19N.2C2H6/c1-4-19(15(2)17-11-7-5-8-12-17)16(3)18-13-9-6-10-14-18;2*1-2/h5-14H,2-4H2,1H3;2*1-2H3. The highest BCUT2D eigenvalue weighted by molar-refractivity contribution is 5.74. The summed E-state index contributed by atoms with van der Waals surface area (Å²) >= 11 is 0. The van der Waals surface area contributed by atoms with Crippen molar-refractivity contribution in [1.29, 1.82) is 0 Å². The first kappa shape index (κ1) is 20.7. The van der Waals surface area contributed by atoms with Crippen LogP contribution in [-0.2, 0) is 0 Å². The van der Waals surface area contributed by atoms with Crippen LogP contribution < -0.4 is 0 Å². The topological polar surface area (TPSA) is 3.24 Å². The predicted octanol–water partition coefficient (Wildman–Crippen LogP) is 6.70. The molecule has 0 unspecified atom stereocenters. The smallest absolute Gasteiger partial charge is 0.0411 e. The van der Waals surface area contributed by atoms with Crippen molar-refractivity contribution in [2.24, 2.45) is 0 Å². The average molecular weight is 309 g/mol. The number of hydrogen-bond donors (Lipinski definition) is 0. The molecule has 0 saturated heterocycles. The van der Waals surface area contributed by atoms with Crippen LogP contribution in [0.3, 0.4) is 0 Å². The van der Waals surface area contributed by atoms with E-state index in [-0.39, 0.29) is 0 Å². The molecule has 0 fully saturated rings. The fourth-order valence-electron chi connectivity index (χ4n) is 2.12. The highest BCUT2D eigenvalue weighted by Gasteiger charge is 2.12. The number of rotatable bonds is 5. The Labute approximate surface area is 143 Å². The molecule has 124 valence electrons. The summed E-state index contributed by atoms with van der Waals surface area (Å²) < 4.78 is 0. The molecule has 0 heterocycles. The number of hydrogen-bond acceptors (Lipinski definition) is 1. The summed E-state index contributed by atoms with van der Waals surface area (Å²) in [6.45, 7) is 19.4. The summed E-state index contributed by atoms with van der Waals surface area (Å²) in [7, 11) is 0. The van der Waals surface area contributed by atoms with Gasteiger partial charge in [-0.1, -0.05) is 102 Å². The molecule has 0 atom stereocenters. The molecule has 0 aliphatic carbocycles. The zero-order valence-corrected chi connectivity index (χ0v) is 15.3. The maximum absolute atomic E-state index is 4.21. The van der Waals surface area contributed by atoms with Gasteiger partial charge in [-0.2, -0.15) is 0 Å². The van der Waals surface area contributed by atoms with Crippen LogP contribution in [0.2, 0.25) is 0 Å². The highest BCUT2D eigenvalue weighted by atomic mass is 15.1. The molecule has 0 bridgehead atoms. The SMILES string of the molecule is C=C(c1ccccc1)N(CC)C(=C)c1ccccc1.CC.CC. The van der Waals surface area contributed by atoms with E-state index in [1.54, 1.807) is 0 Å². The van der Waals surface area contributed by atoms with Gasteiger partial charge < -0.3 is 4.90 Å². The summed E-state index contributed by atoms with van der Waals surface area (Å²) in [5.41, 5.74) is 4.22. The van der Waals surface area contributed by atoms with Crippen molar-refractivity contribution in [1.82, 2.24) is 4.90 Å². The molecule has 2 aromatic carbocycles. The van der Waals surface area contributed by atoms with Crippen LogP contribution in [-0.4, -0.2) is 11.4 Å². The molecule has 1 heteroatoms. The van der Waals surface area contributed by atoms with Crippen LogP contribution in [0.15, 0.2) is 73.8 Å². The average Bonchev–Trinajstić information content (AvgIpc) is 2.67. The molecule has 0 aromatic heterocycles. The van der Waals surface area contributed by atoms with Gasteiger partial charge in [0.15, 0.2) is 0 Å². The van der Waals surface area contributed by atoms with Gasteiger partial charge in [0.05, 0.1) is 0 Å². The Morgan fingerprint density at radius 1 is 0.696 bits per heavy atom. The van der Waals surface area contributed by atoms with Gasteiger partial charge in [0.1, 0.15) is 0 Å². The van der Waals surface area contributed by atoms with Crippen LogP contribution >= 0.6 is 0 Å². The molecule has 0 saturated carbocycles. The minimum absolute atomic E-state index is 0.849. The molecule has 1 nitrogen and oxygen atoms in total. The Bertz CT molecular complexity index is 504. The molecule has 2 rings (SSSR count). The zero-order chi connectivity index (χ0) is 17.7. The Morgan fingerprint density at radius 2 is 1.00 bits per heavy atom. The van der Waals surface area contributed by atoms with Gasteiger partial charge in [-0.05, 0) is 18.1 Å². The van der Waals surface area contributed by atoms with Crippen molar-refractivity contribution in [3.8, 4) is 0 Å². The molecule has 23 heavy (non-hydrogen) atoms. The maximum atomic E-state index is 4.21. The fraction of sp³-hybridized carbons (Fsp3) is 0.273. The van der Waals surface area contributed by atoms with E-state index >= 15 is 0 Å². The van der Waals surface area contributed by atoms with E-state index in [1.165, 1.54) is 0 Å². The normalized spacial score (nSPS) is 8.74. The van der Waals surface area contributed by atoms with Crippen molar-refractivity contribution >= 4 is 11.4 Å². The number of benzene rings is 2. The van der Waals surface area contributed by atoms with E-state index in [1.807, 2.05) is 64.1 Å². The van der Waals surface area contributed by atoms with Gasteiger partial charge in [-0.25, -0.2) is 0 Å². The van der Waals surface area contributed by atoms with Crippen molar-refractivity contribution in [2.75, 3.05) is 6.54 Å². The molecule has 0 aliphatic heterocycles. The van der Waals surface area contributed by atoms with Gasteiger partial charge in [0.25, 0.3) is 0 Å². The second-order valence-corrected chi connectivity index (χ2v) is 4.37. The Kier molecular flexibility index (Phi) is 11.1. The quantitative estimate of drug-likeness (QED) is 0.593. The first-order valence-electron chi connectivity index (χ1n) is 8.50. The zero-order valence-electron chi connectivity index (χ0n) is 15.3. The van der Waals surface area contributed by atoms with Gasteiger partial charge in [-0.15, -0.1) is 0 Å². The third kappa shape index (κ3) is 6.15. The van der Waals surface area contributed by atoms with Crippen LogP contribution in [0.5, 0.6) is 0 Å². The first-order valence-corrected chi connectivity index (χ1v) is 8.50. The Hall–Kier alpha value is -2.28.